The van der Waals surface area contributed by atoms with E-state index in [0.717, 1.165) is 18.8 Å². The second-order valence-corrected chi connectivity index (χ2v) is 5.55. The van der Waals surface area contributed by atoms with E-state index < -0.39 is 0 Å². The molecule has 1 aliphatic rings. The summed E-state index contributed by atoms with van der Waals surface area (Å²) in [4.78, 5) is 14.2. The van der Waals surface area contributed by atoms with Gasteiger partial charge < -0.3 is 10.0 Å². The van der Waals surface area contributed by atoms with E-state index in [0.29, 0.717) is 11.6 Å². The van der Waals surface area contributed by atoms with Gasteiger partial charge in [0.1, 0.15) is 5.75 Å². The molecule has 1 aromatic carbocycles. The summed E-state index contributed by atoms with van der Waals surface area (Å²) < 4.78 is 0. The number of hydrogen-bond donors (Lipinski definition) is 1. The Bertz CT molecular complexity index is 436. The SMILES string of the molecule is CCC1CCC(N(C)C(=O)c2cccc(O)c2)CC1. The molecule has 19 heavy (non-hydrogen) atoms. The van der Waals surface area contributed by atoms with Crippen molar-refractivity contribution < 1.29 is 9.90 Å². The van der Waals surface area contributed by atoms with Gasteiger partial charge in [0.25, 0.3) is 5.91 Å². The van der Waals surface area contributed by atoms with E-state index in [-0.39, 0.29) is 11.7 Å². The maximum absolute atomic E-state index is 12.4. The number of rotatable bonds is 3. The first kappa shape index (κ1) is 13.9. The highest BCUT2D eigenvalue weighted by Crippen LogP contribution is 2.29. The maximum Gasteiger partial charge on any atom is 0.253 e. The minimum absolute atomic E-state index is 0.0100. The molecule has 3 nitrogen and oxygen atoms in total. The number of carbonyl (C=O) groups is 1. The zero-order valence-corrected chi connectivity index (χ0v) is 11.8. The number of carbonyl (C=O) groups excluding carboxylic acids is 1. The first-order chi connectivity index (χ1) is 9.11. The number of aromatic hydroxyl groups is 1. The Hall–Kier alpha value is -1.51. The second kappa shape index (κ2) is 6.09. The van der Waals surface area contributed by atoms with E-state index in [9.17, 15) is 9.90 Å². The molecular formula is C16H23NO2. The molecule has 1 aromatic rings. The Labute approximate surface area is 115 Å². The number of hydrogen-bond acceptors (Lipinski definition) is 2. The summed E-state index contributed by atoms with van der Waals surface area (Å²) in [5, 5.41) is 9.45. The maximum atomic E-state index is 12.4. The minimum Gasteiger partial charge on any atom is -0.508 e. The first-order valence-electron chi connectivity index (χ1n) is 7.18. The fourth-order valence-electron chi connectivity index (χ4n) is 2.95. The number of amides is 1. The van der Waals surface area contributed by atoms with Gasteiger partial charge in [0, 0.05) is 18.7 Å². The first-order valence-corrected chi connectivity index (χ1v) is 7.18. The van der Waals surface area contributed by atoms with Crippen LogP contribution in [0.15, 0.2) is 24.3 Å². The van der Waals surface area contributed by atoms with Crippen LogP contribution >= 0.6 is 0 Å². The van der Waals surface area contributed by atoms with Crippen molar-refractivity contribution >= 4 is 5.91 Å². The Morgan fingerprint density at radius 3 is 2.58 bits per heavy atom. The Morgan fingerprint density at radius 1 is 1.32 bits per heavy atom. The van der Waals surface area contributed by atoms with E-state index in [1.54, 1.807) is 18.2 Å². The van der Waals surface area contributed by atoms with Crippen LogP contribution in [0.2, 0.25) is 0 Å². The van der Waals surface area contributed by atoms with Crippen LogP contribution in [0, 0.1) is 5.92 Å². The molecule has 0 saturated heterocycles. The van der Waals surface area contributed by atoms with Gasteiger partial charge in [-0.15, -0.1) is 0 Å². The van der Waals surface area contributed by atoms with Crippen molar-refractivity contribution in [2.75, 3.05) is 7.05 Å². The molecule has 0 spiro atoms. The van der Waals surface area contributed by atoms with Crippen LogP contribution in [0.5, 0.6) is 5.75 Å². The third kappa shape index (κ3) is 3.28. The Balaban J connectivity index is 2.00. The largest absolute Gasteiger partial charge is 0.508 e. The Morgan fingerprint density at radius 2 is 2.00 bits per heavy atom. The average Bonchev–Trinajstić information content (AvgIpc) is 2.46. The van der Waals surface area contributed by atoms with Crippen LogP contribution in [0.3, 0.4) is 0 Å². The molecule has 2 rings (SSSR count). The monoisotopic (exact) mass is 261 g/mol. The molecule has 1 aliphatic carbocycles. The lowest BCUT2D eigenvalue weighted by molar-refractivity contribution is 0.0674. The molecule has 0 unspecified atom stereocenters. The summed E-state index contributed by atoms with van der Waals surface area (Å²) in [5.41, 5.74) is 0.570. The van der Waals surface area contributed by atoms with Crippen LogP contribution in [0.25, 0.3) is 0 Å². The van der Waals surface area contributed by atoms with Crippen molar-refractivity contribution in [3.63, 3.8) is 0 Å². The lowest BCUT2D eigenvalue weighted by Gasteiger charge is -2.34. The summed E-state index contributed by atoms with van der Waals surface area (Å²) in [5.74, 6) is 0.991. The van der Waals surface area contributed by atoms with Gasteiger partial charge in [0.15, 0.2) is 0 Å². The van der Waals surface area contributed by atoms with Gasteiger partial charge >= 0.3 is 0 Å². The number of nitrogens with zero attached hydrogens (tertiary/aromatic N) is 1. The summed E-state index contributed by atoms with van der Waals surface area (Å²) in [7, 11) is 1.88. The molecule has 1 saturated carbocycles. The van der Waals surface area contributed by atoms with Crippen molar-refractivity contribution in [1.82, 2.24) is 4.90 Å². The fraction of sp³-hybridized carbons (Fsp3) is 0.562. The summed E-state index contributed by atoms with van der Waals surface area (Å²) in [6.45, 7) is 2.24. The highest BCUT2D eigenvalue weighted by molar-refractivity contribution is 5.94. The molecule has 0 aliphatic heterocycles. The van der Waals surface area contributed by atoms with Crippen LogP contribution in [-0.4, -0.2) is 29.0 Å². The molecule has 0 heterocycles. The van der Waals surface area contributed by atoms with Gasteiger partial charge in [-0.3, -0.25) is 4.79 Å². The zero-order chi connectivity index (χ0) is 13.8. The summed E-state index contributed by atoms with van der Waals surface area (Å²) in [6, 6.07) is 6.94. The third-order valence-corrected chi connectivity index (χ3v) is 4.35. The molecule has 0 radical (unpaired) electrons. The van der Waals surface area contributed by atoms with Gasteiger partial charge in [-0.25, -0.2) is 0 Å². The van der Waals surface area contributed by atoms with Crippen LogP contribution < -0.4 is 0 Å². The topological polar surface area (TPSA) is 40.5 Å². The fourth-order valence-corrected chi connectivity index (χ4v) is 2.95. The lowest BCUT2D eigenvalue weighted by atomic mass is 9.84. The van der Waals surface area contributed by atoms with Gasteiger partial charge in [0.2, 0.25) is 0 Å². The Kier molecular flexibility index (Phi) is 4.46. The quantitative estimate of drug-likeness (QED) is 0.905. The number of phenols is 1. The molecule has 0 atom stereocenters. The molecule has 104 valence electrons. The lowest BCUT2D eigenvalue weighted by Crippen LogP contribution is -2.39. The molecule has 3 heteroatoms. The van der Waals surface area contributed by atoms with Crippen LogP contribution in [0.4, 0.5) is 0 Å². The standard InChI is InChI=1S/C16H23NO2/c1-3-12-7-9-14(10-8-12)17(2)16(19)13-5-4-6-15(18)11-13/h4-6,11-12,14,18H,3,7-10H2,1-2H3. The van der Waals surface area contributed by atoms with Gasteiger partial charge in [-0.05, 0) is 49.8 Å². The van der Waals surface area contributed by atoms with E-state index >= 15 is 0 Å². The molecule has 1 N–H and O–H groups in total. The smallest absolute Gasteiger partial charge is 0.253 e. The zero-order valence-electron chi connectivity index (χ0n) is 11.8. The molecule has 1 amide bonds. The highest BCUT2D eigenvalue weighted by atomic mass is 16.3. The minimum atomic E-state index is 0.0100. The van der Waals surface area contributed by atoms with Crippen LogP contribution in [0.1, 0.15) is 49.4 Å². The van der Waals surface area contributed by atoms with Crippen molar-refractivity contribution in [3.05, 3.63) is 29.8 Å². The van der Waals surface area contributed by atoms with Gasteiger partial charge in [-0.2, -0.15) is 0 Å². The van der Waals surface area contributed by atoms with E-state index in [4.69, 9.17) is 0 Å². The summed E-state index contributed by atoms with van der Waals surface area (Å²) in [6.07, 6.45) is 5.88. The van der Waals surface area contributed by atoms with Crippen molar-refractivity contribution in [2.45, 2.75) is 45.1 Å². The normalized spacial score (nSPS) is 23.1. The predicted molar refractivity (Wildman–Crippen MR) is 76.2 cm³/mol. The van der Waals surface area contributed by atoms with E-state index in [2.05, 4.69) is 6.92 Å². The van der Waals surface area contributed by atoms with E-state index in [1.807, 2.05) is 11.9 Å². The van der Waals surface area contributed by atoms with E-state index in [1.165, 1.54) is 25.3 Å². The predicted octanol–water partition coefficient (Wildman–Crippen LogP) is 3.43. The average molecular weight is 261 g/mol. The number of benzene rings is 1. The second-order valence-electron chi connectivity index (χ2n) is 5.55. The molecule has 0 aromatic heterocycles. The third-order valence-electron chi connectivity index (χ3n) is 4.35. The van der Waals surface area contributed by atoms with Gasteiger partial charge in [0.05, 0.1) is 0 Å². The molecular weight excluding hydrogens is 238 g/mol. The van der Waals surface area contributed by atoms with Crippen molar-refractivity contribution in [1.29, 1.82) is 0 Å². The number of phenolic OH excluding ortho intramolecular Hbond substituents is 1. The summed E-state index contributed by atoms with van der Waals surface area (Å²) >= 11 is 0. The molecule has 1 fully saturated rings. The van der Waals surface area contributed by atoms with Crippen LogP contribution in [-0.2, 0) is 0 Å². The van der Waals surface area contributed by atoms with Crippen molar-refractivity contribution in [3.8, 4) is 5.75 Å². The molecule has 0 bridgehead atoms. The highest BCUT2D eigenvalue weighted by Gasteiger charge is 2.26. The van der Waals surface area contributed by atoms with Crippen molar-refractivity contribution in [2.24, 2.45) is 5.92 Å². The van der Waals surface area contributed by atoms with Gasteiger partial charge in [-0.1, -0.05) is 19.4 Å².